The number of aromatic nitrogens is 1. The van der Waals surface area contributed by atoms with Crippen molar-refractivity contribution >= 4 is 45.1 Å². The molecule has 1 aliphatic rings. The second kappa shape index (κ2) is 9.40. The number of thiophene rings is 1. The maximum absolute atomic E-state index is 13.0. The lowest BCUT2D eigenvalue weighted by atomic mass is 9.88. The van der Waals surface area contributed by atoms with Gasteiger partial charge >= 0.3 is 0 Å². The SMILES string of the molecule is CCC(=O)Nc1c(C)noc1/C=C/c1ccc(S(=O)(=O)N[C@@H]2CCCc3ccccc32)s1. The van der Waals surface area contributed by atoms with E-state index in [0.717, 1.165) is 29.7 Å². The van der Waals surface area contributed by atoms with E-state index in [1.54, 1.807) is 38.1 Å². The number of hydrogen-bond acceptors (Lipinski definition) is 6. The zero-order chi connectivity index (χ0) is 22.7. The van der Waals surface area contributed by atoms with Crippen LogP contribution < -0.4 is 10.0 Å². The lowest BCUT2D eigenvalue weighted by Crippen LogP contribution is -2.30. The molecule has 32 heavy (non-hydrogen) atoms. The van der Waals surface area contributed by atoms with Gasteiger partial charge in [-0.05, 0) is 61.6 Å². The van der Waals surface area contributed by atoms with E-state index in [1.165, 1.54) is 16.9 Å². The Morgan fingerprint density at radius 1 is 1.25 bits per heavy atom. The zero-order valence-electron chi connectivity index (χ0n) is 17.9. The molecule has 2 aromatic heterocycles. The summed E-state index contributed by atoms with van der Waals surface area (Å²) in [6, 6.07) is 11.1. The maximum atomic E-state index is 13.0. The molecule has 0 spiro atoms. The fourth-order valence-corrected chi connectivity index (χ4v) is 6.22. The van der Waals surface area contributed by atoms with Gasteiger partial charge in [-0.25, -0.2) is 13.1 Å². The monoisotopic (exact) mass is 471 g/mol. The van der Waals surface area contributed by atoms with Crippen LogP contribution in [0.4, 0.5) is 5.69 Å². The van der Waals surface area contributed by atoms with Gasteiger partial charge in [-0.3, -0.25) is 4.79 Å². The molecular weight excluding hydrogens is 446 g/mol. The molecule has 2 heterocycles. The summed E-state index contributed by atoms with van der Waals surface area (Å²) < 4.78 is 34.4. The standard InChI is InChI=1S/C23H25N3O4S2/c1-3-21(27)24-23-15(2)25-30-20(23)13-11-17-12-14-22(31-17)32(28,29)26-19-10-6-8-16-7-4-5-9-18(16)19/h4-5,7,9,11-14,19,26H,3,6,8,10H2,1-2H3,(H,24,27)/b13-11+/t19-/m1/s1. The quantitative estimate of drug-likeness (QED) is 0.509. The molecule has 3 aromatic rings. The molecule has 1 amide bonds. The maximum Gasteiger partial charge on any atom is 0.250 e. The average molecular weight is 472 g/mol. The molecule has 1 atom stereocenters. The Morgan fingerprint density at radius 3 is 2.88 bits per heavy atom. The van der Waals surface area contributed by atoms with E-state index in [-0.39, 0.29) is 16.2 Å². The van der Waals surface area contributed by atoms with Crippen LogP contribution in [-0.4, -0.2) is 19.5 Å². The highest BCUT2D eigenvalue weighted by Crippen LogP contribution is 2.32. The van der Waals surface area contributed by atoms with Crippen molar-refractivity contribution in [1.82, 2.24) is 9.88 Å². The Balaban J connectivity index is 1.50. The van der Waals surface area contributed by atoms with Crippen LogP contribution in [-0.2, 0) is 21.2 Å². The fourth-order valence-electron chi connectivity index (χ4n) is 3.73. The Hall–Kier alpha value is -2.75. The van der Waals surface area contributed by atoms with Crippen LogP contribution in [0.1, 0.15) is 59.7 Å². The van der Waals surface area contributed by atoms with Crippen LogP contribution in [0.15, 0.2) is 45.1 Å². The first kappa shape index (κ1) is 22.4. The highest BCUT2D eigenvalue weighted by molar-refractivity contribution is 7.91. The third kappa shape index (κ3) is 4.85. The Labute approximate surface area is 191 Å². The number of benzene rings is 1. The summed E-state index contributed by atoms with van der Waals surface area (Å²) in [5, 5.41) is 6.68. The summed E-state index contributed by atoms with van der Waals surface area (Å²) in [5.41, 5.74) is 3.36. The molecule has 2 N–H and O–H groups in total. The van der Waals surface area contributed by atoms with E-state index < -0.39 is 10.0 Å². The van der Waals surface area contributed by atoms with Crippen LogP contribution in [0.3, 0.4) is 0 Å². The van der Waals surface area contributed by atoms with Gasteiger partial charge in [0.25, 0.3) is 10.0 Å². The van der Waals surface area contributed by atoms with Gasteiger partial charge in [0.2, 0.25) is 5.91 Å². The number of aryl methyl sites for hydroxylation is 2. The first-order chi connectivity index (χ1) is 15.4. The number of rotatable bonds is 7. The molecule has 0 radical (unpaired) electrons. The molecule has 4 rings (SSSR count). The Bertz CT molecular complexity index is 1260. The van der Waals surface area contributed by atoms with Gasteiger partial charge in [0, 0.05) is 17.3 Å². The van der Waals surface area contributed by atoms with Gasteiger partial charge < -0.3 is 9.84 Å². The van der Waals surface area contributed by atoms with Crippen LogP contribution in [0.2, 0.25) is 0 Å². The summed E-state index contributed by atoms with van der Waals surface area (Å²) in [6.45, 7) is 3.51. The smallest absolute Gasteiger partial charge is 0.250 e. The summed E-state index contributed by atoms with van der Waals surface area (Å²) in [7, 11) is -3.65. The van der Waals surface area contributed by atoms with Crippen molar-refractivity contribution in [2.45, 2.75) is 49.8 Å². The normalized spacial score (nSPS) is 16.2. The minimum Gasteiger partial charge on any atom is -0.354 e. The number of nitrogens with zero attached hydrogens (tertiary/aromatic N) is 1. The van der Waals surface area contributed by atoms with E-state index in [9.17, 15) is 13.2 Å². The third-order valence-electron chi connectivity index (χ3n) is 5.41. The summed E-state index contributed by atoms with van der Waals surface area (Å²) >= 11 is 1.17. The number of anilines is 1. The van der Waals surface area contributed by atoms with Crippen molar-refractivity contribution in [3.8, 4) is 0 Å². The molecule has 168 valence electrons. The predicted molar refractivity (Wildman–Crippen MR) is 126 cm³/mol. The first-order valence-electron chi connectivity index (χ1n) is 10.5. The second-order valence-corrected chi connectivity index (χ2v) is 10.7. The molecule has 1 aliphatic carbocycles. The lowest BCUT2D eigenvalue weighted by Gasteiger charge is -2.25. The van der Waals surface area contributed by atoms with Crippen molar-refractivity contribution < 1.29 is 17.7 Å². The lowest BCUT2D eigenvalue weighted by molar-refractivity contribution is -0.115. The highest BCUT2D eigenvalue weighted by atomic mass is 32.2. The van der Waals surface area contributed by atoms with E-state index in [0.29, 0.717) is 23.6 Å². The molecule has 0 saturated carbocycles. The third-order valence-corrected chi connectivity index (χ3v) is 8.42. The van der Waals surface area contributed by atoms with Crippen molar-refractivity contribution in [2.75, 3.05) is 5.32 Å². The molecular formula is C23H25N3O4S2. The van der Waals surface area contributed by atoms with Crippen LogP contribution >= 0.6 is 11.3 Å². The Kier molecular flexibility index (Phi) is 6.59. The summed E-state index contributed by atoms with van der Waals surface area (Å²) in [5.74, 6) is 0.282. The van der Waals surface area contributed by atoms with Crippen LogP contribution in [0, 0.1) is 6.92 Å². The van der Waals surface area contributed by atoms with Gasteiger partial charge in [-0.1, -0.05) is 36.3 Å². The molecule has 0 unspecified atom stereocenters. The molecule has 0 aliphatic heterocycles. The number of nitrogens with one attached hydrogen (secondary N) is 2. The molecule has 0 fully saturated rings. The first-order valence-corrected chi connectivity index (χ1v) is 12.8. The van der Waals surface area contributed by atoms with E-state index in [4.69, 9.17) is 4.52 Å². The molecule has 7 nitrogen and oxygen atoms in total. The van der Waals surface area contributed by atoms with Crippen molar-refractivity contribution in [1.29, 1.82) is 0 Å². The molecule has 0 saturated heterocycles. The van der Waals surface area contributed by atoms with Crippen molar-refractivity contribution in [3.05, 3.63) is 63.9 Å². The number of amides is 1. The number of sulfonamides is 1. The predicted octanol–water partition coefficient (Wildman–Crippen LogP) is 4.92. The van der Waals surface area contributed by atoms with Gasteiger partial charge in [0.15, 0.2) is 5.76 Å². The Morgan fingerprint density at radius 2 is 2.06 bits per heavy atom. The van der Waals surface area contributed by atoms with E-state index in [2.05, 4.69) is 21.3 Å². The van der Waals surface area contributed by atoms with Gasteiger partial charge in [0.1, 0.15) is 15.6 Å². The van der Waals surface area contributed by atoms with Gasteiger partial charge in [-0.15, -0.1) is 11.3 Å². The van der Waals surface area contributed by atoms with Gasteiger partial charge in [0.05, 0.1) is 0 Å². The van der Waals surface area contributed by atoms with E-state index >= 15 is 0 Å². The van der Waals surface area contributed by atoms with Crippen molar-refractivity contribution in [2.24, 2.45) is 0 Å². The summed E-state index contributed by atoms with van der Waals surface area (Å²) in [4.78, 5) is 12.5. The topological polar surface area (TPSA) is 101 Å². The number of fused-ring (bicyclic) bond motifs is 1. The minimum absolute atomic E-state index is 0.134. The van der Waals surface area contributed by atoms with Gasteiger partial charge in [-0.2, -0.15) is 0 Å². The highest BCUT2D eigenvalue weighted by Gasteiger charge is 2.26. The molecule has 1 aromatic carbocycles. The van der Waals surface area contributed by atoms with Crippen LogP contribution in [0.5, 0.6) is 0 Å². The van der Waals surface area contributed by atoms with Crippen LogP contribution in [0.25, 0.3) is 12.2 Å². The zero-order valence-corrected chi connectivity index (χ0v) is 19.6. The second-order valence-electron chi connectivity index (χ2n) is 7.66. The minimum atomic E-state index is -3.65. The number of hydrogen-bond donors (Lipinski definition) is 2. The molecule has 0 bridgehead atoms. The fraction of sp³-hybridized carbons (Fsp3) is 0.304. The van der Waals surface area contributed by atoms with E-state index in [1.807, 2.05) is 18.2 Å². The van der Waals surface area contributed by atoms with Crippen molar-refractivity contribution in [3.63, 3.8) is 0 Å². The largest absolute Gasteiger partial charge is 0.354 e. The number of carbonyl (C=O) groups is 1. The summed E-state index contributed by atoms with van der Waals surface area (Å²) in [6.07, 6.45) is 6.49. The molecule has 9 heteroatoms. The average Bonchev–Trinajstić information content (AvgIpc) is 3.40. The number of carbonyl (C=O) groups excluding carboxylic acids is 1.